The molecule has 1 aliphatic rings. The van der Waals surface area contributed by atoms with Gasteiger partial charge in [0.2, 0.25) is 0 Å². The molecule has 1 amide bonds. The summed E-state index contributed by atoms with van der Waals surface area (Å²) < 4.78 is 2.49. The molecule has 0 saturated carbocycles. The molecule has 1 unspecified atom stereocenters. The van der Waals surface area contributed by atoms with Crippen molar-refractivity contribution in [1.82, 2.24) is 10.2 Å². The number of anilines is 1. The van der Waals surface area contributed by atoms with Crippen molar-refractivity contribution >= 4 is 55.5 Å². The predicted molar refractivity (Wildman–Crippen MR) is 148 cm³/mol. The van der Waals surface area contributed by atoms with Crippen LogP contribution >= 0.6 is 23.7 Å². The summed E-state index contributed by atoms with van der Waals surface area (Å²) in [7, 11) is 0. The first kappa shape index (κ1) is 24.5. The summed E-state index contributed by atoms with van der Waals surface area (Å²) in [5.41, 5.74) is 3.39. The van der Waals surface area contributed by atoms with Crippen molar-refractivity contribution < 1.29 is 4.79 Å². The first-order valence-corrected chi connectivity index (χ1v) is 12.7. The molecule has 0 aliphatic carbocycles. The Labute approximate surface area is 212 Å². The van der Waals surface area contributed by atoms with E-state index in [2.05, 4.69) is 89.6 Å². The number of thiophene rings is 1. The minimum absolute atomic E-state index is 0. The molecule has 4 nitrogen and oxygen atoms in total. The Balaban J connectivity index is 0.00000274. The Bertz CT molecular complexity index is 1280. The van der Waals surface area contributed by atoms with Crippen LogP contribution in [-0.4, -0.2) is 43.2 Å². The number of amides is 1. The third-order valence-electron chi connectivity index (χ3n) is 6.71. The van der Waals surface area contributed by atoms with Gasteiger partial charge in [-0.3, -0.25) is 9.69 Å². The number of carbonyl (C=O) groups is 1. The second-order valence-corrected chi connectivity index (χ2v) is 9.98. The number of nitrogens with zero attached hydrogens (tertiary/aromatic N) is 2. The summed E-state index contributed by atoms with van der Waals surface area (Å²) in [4.78, 5) is 18.2. The van der Waals surface area contributed by atoms with Gasteiger partial charge < -0.3 is 10.2 Å². The first-order chi connectivity index (χ1) is 16.1. The molecule has 1 saturated heterocycles. The van der Waals surface area contributed by atoms with Gasteiger partial charge in [-0.25, -0.2) is 0 Å². The van der Waals surface area contributed by atoms with E-state index >= 15 is 0 Å². The van der Waals surface area contributed by atoms with E-state index in [1.807, 2.05) is 6.07 Å². The highest BCUT2D eigenvalue weighted by atomic mass is 35.5. The van der Waals surface area contributed by atoms with Crippen LogP contribution in [-0.2, 0) is 0 Å². The Morgan fingerprint density at radius 1 is 0.941 bits per heavy atom. The zero-order valence-corrected chi connectivity index (χ0v) is 21.4. The first-order valence-electron chi connectivity index (χ1n) is 11.9. The van der Waals surface area contributed by atoms with Gasteiger partial charge in [-0.05, 0) is 49.2 Å². The van der Waals surface area contributed by atoms with Crippen molar-refractivity contribution in [2.45, 2.75) is 32.9 Å². The monoisotopic (exact) mass is 493 g/mol. The number of piperazine rings is 1. The summed E-state index contributed by atoms with van der Waals surface area (Å²) >= 11 is 1.78. The van der Waals surface area contributed by atoms with E-state index in [4.69, 9.17) is 0 Å². The van der Waals surface area contributed by atoms with Gasteiger partial charge in [-0.15, -0.1) is 23.7 Å². The van der Waals surface area contributed by atoms with Gasteiger partial charge in [0.05, 0.1) is 6.17 Å². The molecule has 178 valence electrons. The number of nitrogens with one attached hydrogen (secondary N) is 1. The van der Waals surface area contributed by atoms with Crippen molar-refractivity contribution in [3.05, 3.63) is 77.9 Å². The number of hydrogen-bond donors (Lipinski definition) is 1. The van der Waals surface area contributed by atoms with Crippen molar-refractivity contribution in [2.24, 2.45) is 0 Å². The number of halogens is 1. The highest BCUT2D eigenvalue weighted by Gasteiger charge is 2.25. The molecule has 3 aromatic carbocycles. The van der Waals surface area contributed by atoms with E-state index in [9.17, 15) is 4.79 Å². The van der Waals surface area contributed by atoms with Crippen LogP contribution < -0.4 is 10.2 Å². The summed E-state index contributed by atoms with van der Waals surface area (Å²) in [6.45, 7) is 8.23. The number of rotatable bonds is 6. The summed E-state index contributed by atoms with van der Waals surface area (Å²) in [5, 5.41) is 5.74. The fraction of sp³-hybridized carbons (Fsp3) is 0.321. The number of fused-ring (bicyclic) bond motifs is 3. The highest BCUT2D eigenvalue weighted by Crippen LogP contribution is 2.34. The van der Waals surface area contributed by atoms with Crippen LogP contribution in [0.4, 0.5) is 5.69 Å². The quantitative estimate of drug-likeness (QED) is 0.334. The topological polar surface area (TPSA) is 35.6 Å². The van der Waals surface area contributed by atoms with E-state index in [1.165, 1.54) is 31.4 Å². The molecule has 5 rings (SSSR count). The average molecular weight is 494 g/mol. The molecule has 0 radical (unpaired) electrons. The molecule has 0 bridgehead atoms. The number of hydrogen-bond acceptors (Lipinski definition) is 4. The minimum Gasteiger partial charge on any atom is -0.369 e. The van der Waals surface area contributed by atoms with Crippen LogP contribution in [0.2, 0.25) is 0 Å². The van der Waals surface area contributed by atoms with Crippen LogP contribution in [0.3, 0.4) is 0 Å². The molecule has 1 aliphatic heterocycles. The van der Waals surface area contributed by atoms with E-state index in [0.717, 1.165) is 44.6 Å². The molecule has 1 N–H and O–H groups in total. The molecule has 2 heterocycles. The Morgan fingerprint density at radius 3 is 2.41 bits per heavy atom. The maximum Gasteiger partial charge on any atom is 0.252 e. The molecule has 34 heavy (non-hydrogen) atoms. The lowest BCUT2D eigenvalue weighted by atomic mass is 10.1. The third-order valence-corrected chi connectivity index (χ3v) is 7.86. The van der Waals surface area contributed by atoms with Gasteiger partial charge in [-0.2, -0.15) is 0 Å². The average Bonchev–Trinajstić information content (AvgIpc) is 3.22. The zero-order chi connectivity index (χ0) is 22.8. The minimum atomic E-state index is 0. The van der Waals surface area contributed by atoms with Gasteiger partial charge in [0.15, 0.2) is 0 Å². The van der Waals surface area contributed by atoms with E-state index in [0.29, 0.717) is 0 Å². The number of aryl methyl sites for hydroxylation is 1. The van der Waals surface area contributed by atoms with Gasteiger partial charge in [-0.1, -0.05) is 49.7 Å². The van der Waals surface area contributed by atoms with Gasteiger partial charge in [0, 0.05) is 57.6 Å². The molecule has 4 aromatic rings. The maximum atomic E-state index is 13.3. The fourth-order valence-corrected chi connectivity index (χ4v) is 6.00. The SMILES string of the molecule is CCCC(NC(=O)c1ccc2sc3ccccc3c2c1)N1CCN(c2ccccc2C)CC1.Cl. The van der Waals surface area contributed by atoms with Gasteiger partial charge in [0.1, 0.15) is 0 Å². The molecular weight excluding hydrogens is 462 g/mol. The van der Waals surface area contributed by atoms with Crippen molar-refractivity contribution in [1.29, 1.82) is 0 Å². The van der Waals surface area contributed by atoms with Crippen molar-refractivity contribution in [3.63, 3.8) is 0 Å². The Kier molecular flexibility index (Phi) is 7.77. The summed E-state index contributed by atoms with van der Waals surface area (Å²) in [6, 6.07) is 23.1. The molecule has 1 aromatic heterocycles. The number of carbonyl (C=O) groups excluding carboxylic acids is 1. The molecule has 1 fully saturated rings. The normalized spacial score (nSPS) is 15.3. The highest BCUT2D eigenvalue weighted by molar-refractivity contribution is 7.25. The maximum absolute atomic E-state index is 13.3. The van der Waals surface area contributed by atoms with Crippen LogP contribution in [0.5, 0.6) is 0 Å². The molecule has 6 heteroatoms. The number of para-hydroxylation sites is 1. The van der Waals surface area contributed by atoms with Crippen molar-refractivity contribution in [3.8, 4) is 0 Å². The molecule has 0 spiro atoms. The lowest BCUT2D eigenvalue weighted by Gasteiger charge is -2.40. The lowest BCUT2D eigenvalue weighted by Crippen LogP contribution is -2.56. The second kappa shape index (κ2) is 10.8. The third kappa shape index (κ3) is 4.92. The zero-order valence-electron chi connectivity index (χ0n) is 19.8. The lowest BCUT2D eigenvalue weighted by molar-refractivity contribution is 0.0824. The second-order valence-electron chi connectivity index (χ2n) is 8.90. The van der Waals surface area contributed by atoms with E-state index in [1.54, 1.807) is 11.3 Å². The molecule has 1 atom stereocenters. The van der Waals surface area contributed by atoms with Gasteiger partial charge in [0.25, 0.3) is 5.91 Å². The van der Waals surface area contributed by atoms with Crippen LogP contribution in [0.25, 0.3) is 20.2 Å². The summed E-state index contributed by atoms with van der Waals surface area (Å²) in [5.74, 6) is 0.0203. The van der Waals surface area contributed by atoms with Crippen LogP contribution in [0.15, 0.2) is 66.7 Å². The van der Waals surface area contributed by atoms with Crippen LogP contribution in [0.1, 0.15) is 35.7 Å². The predicted octanol–water partition coefficient (Wildman–Crippen LogP) is 6.46. The molecular formula is C28H32ClN3OS. The largest absolute Gasteiger partial charge is 0.369 e. The van der Waals surface area contributed by atoms with E-state index < -0.39 is 0 Å². The number of benzene rings is 3. The Hall–Kier alpha value is -2.60. The van der Waals surface area contributed by atoms with Gasteiger partial charge >= 0.3 is 0 Å². The standard InChI is InChI=1S/C28H31N3OS.ClH/c1-3-8-27(31-17-15-30(16-18-31)24-11-6-4-9-20(24)2)29-28(32)21-13-14-26-23(19-21)22-10-5-7-12-25(22)33-26;/h4-7,9-14,19,27H,3,8,15-18H2,1-2H3,(H,29,32);1H. The van der Waals surface area contributed by atoms with Crippen LogP contribution in [0, 0.1) is 6.92 Å². The smallest absolute Gasteiger partial charge is 0.252 e. The van der Waals surface area contributed by atoms with Crippen molar-refractivity contribution in [2.75, 3.05) is 31.1 Å². The summed E-state index contributed by atoms with van der Waals surface area (Å²) in [6.07, 6.45) is 2.06. The Morgan fingerprint density at radius 2 is 1.65 bits per heavy atom. The van der Waals surface area contributed by atoms with E-state index in [-0.39, 0.29) is 24.5 Å². The fourth-order valence-electron chi connectivity index (χ4n) is 4.91.